The van der Waals surface area contributed by atoms with E-state index in [1.807, 2.05) is 0 Å². The first-order chi connectivity index (χ1) is 11.8. The van der Waals surface area contributed by atoms with Gasteiger partial charge in [-0.05, 0) is 24.1 Å². The van der Waals surface area contributed by atoms with Crippen molar-refractivity contribution in [2.45, 2.75) is 11.3 Å². The second-order valence-electron chi connectivity index (χ2n) is 5.27. The average Bonchev–Trinajstić information content (AvgIpc) is 2.99. The number of hydrogen-bond acceptors (Lipinski definition) is 6. The van der Waals surface area contributed by atoms with Crippen molar-refractivity contribution < 1.29 is 22.7 Å². The molecule has 1 aromatic carbocycles. The van der Waals surface area contributed by atoms with Crippen LogP contribution in [0.25, 0.3) is 0 Å². The lowest BCUT2D eigenvalue weighted by atomic mass is 10.1. The number of nitrogens with two attached hydrogens (primary N) is 1. The zero-order chi connectivity index (χ0) is 18.4. The molecule has 1 amide bonds. The number of hydrogen-bond donors (Lipinski definition) is 2. The van der Waals surface area contributed by atoms with E-state index in [0.717, 1.165) is 5.56 Å². The van der Waals surface area contributed by atoms with Crippen LogP contribution in [0.15, 0.2) is 41.6 Å². The summed E-state index contributed by atoms with van der Waals surface area (Å²) in [7, 11) is -2.05. The number of amides is 1. The number of ether oxygens (including phenoxy) is 1. The van der Waals surface area contributed by atoms with Crippen molar-refractivity contribution in [3.63, 3.8) is 0 Å². The highest BCUT2D eigenvalue weighted by Gasteiger charge is 2.12. The SMILES string of the molecule is Cn1cc(C(=O)OCC(=O)NCCc2ccc(S(N)(=O)=O)cc2)cn1. The van der Waals surface area contributed by atoms with Crippen molar-refractivity contribution >= 4 is 21.9 Å². The zero-order valence-electron chi connectivity index (χ0n) is 13.5. The molecule has 0 fully saturated rings. The molecular weight excluding hydrogens is 348 g/mol. The molecule has 134 valence electrons. The Bertz CT molecular complexity index is 858. The summed E-state index contributed by atoms with van der Waals surface area (Å²) < 4.78 is 28.6. The summed E-state index contributed by atoms with van der Waals surface area (Å²) in [4.78, 5) is 23.3. The molecule has 1 heterocycles. The van der Waals surface area contributed by atoms with Gasteiger partial charge in [-0.2, -0.15) is 5.10 Å². The fourth-order valence-corrected chi connectivity index (χ4v) is 2.50. The van der Waals surface area contributed by atoms with Gasteiger partial charge in [0.1, 0.15) is 0 Å². The number of aromatic nitrogens is 2. The van der Waals surface area contributed by atoms with Crippen LogP contribution in [-0.2, 0) is 33.0 Å². The Balaban J connectivity index is 1.72. The van der Waals surface area contributed by atoms with E-state index in [1.165, 1.54) is 29.2 Å². The van der Waals surface area contributed by atoms with E-state index in [4.69, 9.17) is 9.88 Å². The Morgan fingerprint density at radius 3 is 2.52 bits per heavy atom. The fraction of sp³-hybridized carbons (Fsp3) is 0.267. The Morgan fingerprint density at radius 1 is 1.28 bits per heavy atom. The van der Waals surface area contributed by atoms with Gasteiger partial charge in [-0.1, -0.05) is 12.1 Å². The molecule has 0 aliphatic carbocycles. The zero-order valence-corrected chi connectivity index (χ0v) is 14.3. The molecule has 0 atom stereocenters. The summed E-state index contributed by atoms with van der Waals surface area (Å²) in [5.41, 5.74) is 1.10. The Hall–Kier alpha value is -2.72. The Kier molecular flexibility index (Phi) is 5.88. The molecule has 0 saturated carbocycles. The highest BCUT2D eigenvalue weighted by molar-refractivity contribution is 7.89. The molecule has 2 rings (SSSR count). The predicted molar refractivity (Wildman–Crippen MR) is 88.0 cm³/mol. The first-order valence-corrected chi connectivity index (χ1v) is 8.84. The van der Waals surface area contributed by atoms with E-state index in [0.29, 0.717) is 13.0 Å². The molecule has 9 nitrogen and oxygen atoms in total. The standard InChI is InChI=1S/C15H18N4O5S/c1-19-9-12(8-18-19)15(21)24-10-14(20)17-7-6-11-2-4-13(5-3-11)25(16,22)23/h2-5,8-9H,6-7,10H2,1H3,(H,17,20)(H2,16,22,23). The third kappa shape index (κ3) is 5.69. The lowest BCUT2D eigenvalue weighted by molar-refractivity contribution is -0.124. The van der Waals surface area contributed by atoms with Crippen LogP contribution in [0.3, 0.4) is 0 Å². The second-order valence-corrected chi connectivity index (χ2v) is 6.83. The number of sulfonamides is 1. The number of esters is 1. The van der Waals surface area contributed by atoms with E-state index in [2.05, 4.69) is 10.4 Å². The average molecular weight is 366 g/mol. The molecule has 25 heavy (non-hydrogen) atoms. The van der Waals surface area contributed by atoms with Gasteiger partial charge in [0.2, 0.25) is 10.0 Å². The fourth-order valence-electron chi connectivity index (χ4n) is 1.98. The molecule has 1 aromatic heterocycles. The van der Waals surface area contributed by atoms with Crippen molar-refractivity contribution in [3.8, 4) is 0 Å². The van der Waals surface area contributed by atoms with Gasteiger partial charge in [0.05, 0.1) is 16.7 Å². The predicted octanol–water partition coefficient (Wildman–Crippen LogP) is -0.417. The minimum Gasteiger partial charge on any atom is -0.452 e. The number of nitrogens with one attached hydrogen (secondary N) is 1. The van der Waals surface area contributed by atoms with Crippen LogP contribution in [0.1, 0.15) is 15.9 Å². The number of benzene rings is 1. The van der Waals surface area contributed by atoms with Crippen molar-refractivity contribution in [2.24, 2.45) is 12.2 Å². The lowest BCUT2D eigenvalue weighted by Gasteiger charge is -2.06. The maximum absolute atomic E-state index is 11.7. The molecule has 0 aliphatic heterocycles. The molecule has 3 N–H and O–H groups in total. The molecule has 0 saturated heterocycles. The maximum Gasteiger partial charge on any atom is 0.341 e. The first kappa shape index (κ1) is 18.6. The van der Waals surface area contributed by atoms with Crippen LogP contribution in [0, 0.1) is 0 Å². The molecule has 10 heteroatoms. The van der Waals surface area contributed by atoms with Crippen LogP contribution in [-0.4, -0.2) is 43.2 Å². The molecule has 0 unspecified atom stereocenters. The van der Waals surface area contributed by atoms with Gasteiger partial charge < -0.3 is 10.1 Å². The number of nitrogens with zero attached hydrogens (tertiary/aromatic N) is 2. The lowest BCUT2D eigenvalue weighted by Crippen LogP contribution is -2.30. The van der Waals surface area contributed by atoms with Crippen LogP contribution in [0.2, 0.25) is 0 Å². The highest BCUT2D eigenvalue weighted by atomic mass is 32.2. The minimum atomic E-state index is -3.71. The van der Waals surface area contributed by atoms with Gasteiger partial charge >= 0.3 is 5.97 Å². The smallest absolute Gasteiger partial charge is 0.341 e. The summed E-state index contributed by atoms with van der Waals surface area (Å²) in [6.07, 6.45) is 3.34. The maximum atomic E-state index is 11.7. The quantitative estimate of drug-likeness (QED) is 0.640. The summed E-state index contributed by atoms with van der Waals surface area (Å²) in [5, 5.41) is 11.5. The van der Waals surface area contributed by atoms with Crippen molar-refractivity contribution in [3.05, 3.63) is 47.8 Å². The summed E-state index contributed by atoms with van der Waals surface area (Å²) in [6, 6.07) is 6.05. The largest absolute Gasteiger partial charge is 0.452 e. The van der Waals surface area contributed by atoms with Gasteiger partial charge in [-0.15, -0.1) is 0 Å². The molecule has 0 spiro atoms. The van der Waals surface area contributed by atoms with Crippen molar-refractivity contribution in [2.75, 3.05) is 13.2 Å². The molecule has 2 aromatic rings. The van der Waals surface area contributed by atoms with E-state index >= 15 is 0 Å². The summed E-state index contributed by atoms with van der Waals surface area (Å²) in [5.74, 6) is -1.06. The van der Waals surface area contributed by atoms with E-state index in [9.17, 15) is 18.0 Å². The van der Waals surface area contributed by atoms with Crippen molar-refractivity contribution in [1.29, 1.82) is 0 Å². The van der Waals surface area contributed by atoms with Crippen LogP contribution in [0.4, 0.5) is 0 Å². The van der Waals surface area contributed by atoms with Crippen LogP contribution in [0.5, 0.6) is 0 Å². The number of rotatable bonds is 7. The Morgan fingerprint density at radius 2 is 1.96 bits per heavy atom. The second kappa shape index (κ2) is 7.90. The monoisotopic (exact) mass is 366 g/mol. The summed E-state index contributed by atoms with van der Waals surface area (Å²) >= 11 is 0. The third-order valence-electron chi connectivity index (χ3n) is 3.26. The van der Waals surface area contributed by atoms with Gasteiger partial charge in [-0.3, -0.25) is 9.48 Å². The Labute approximate surface area is 144 Å². The highest BCUT2D eigenvalue weighted by Crippen LogP contribution is 2.08. The normalized spacial score (nSPS) is 11.1. The topological polar surface area (TPSA) is 133 Å². The molecule has 0 aliphatic rings. The van der Waals surface area contributed by atoms with E-state index in [1.54, 1.807) is 19.2 Å². The van der Waals surface area contributed by atoms with Gasteiger partial charge in [0, 0.05) is 19.8 Å². The van der Waals surface area contributed by atoms with E-state index < -0.39 is 28.5 Å². The van der Waals surface area contributed by atoms with Gasteiger partial charge in [0.25, 0.3) is 5.91 Å². The number of primary sulfonamides is 1. The number of aryl methyl sites for hydroxylation is 1. The molecule has 0 radical (unpaired) electrons. The van der Waals surface area contributed by atoms with Crippen LogP contribution >= 0.6 is 0 Å². The van der Waals surface area contributed by atoms with Gasteiger partial charge in [0.15, 0.2) is 6.61 Å². The molecule has 0 bridgehead atoms. The first-order valence-electron chi connectivity index (χ1n) is 7.30. The third-order valence-corrected chi connectivity index (χ3v) is 4.19. The van der Waals surface area contributed by atoms with Crippen molar-refractivity contribution in [1.82, 2.24) is 15.1 Å². The summed E-state index contributed by atoms with van der Waals surface area (Å²) in [6.45, 7) is -0.0733. The van der Waals surface area contributed by atoms with Crippen LogP contribution < -0.4 is 10.5 Å². The van der Waals surface area contributed by atoms with Gasteiger partial charge in [-0.25, -0.2) is 18.4 Å². The minimum absolute atomic E-state index is 0.0302. The van der Waals surface area contributed by atoms with E-state index in [-0.39, 0.29) is 10.5 Å². The molecular formula is C15H18N4O5S. The number of carbonyl (C=O) groups excluding carboxylic acids is 2. The number of carbonyl (C=O) groups is 2.